The van der Waals surface area contributed by atoms with Gasteiger partial charge in [-0.25, -0.2) is 4.68 Å². The summed E-state index contributed by atoms with van der Waals surface area (Å²) in [5.74, 6) is 2.28. The van der Waals surface area contributed by atoms with E-state index in [-0.39, 0.29) is 12.1 Å². The molecule has 30 heavy (non-hydrogen) atoms. The zero-order valence-electron chi connectivity index (χ0n) is 18.2. The first-order valence-corrected chi connectivity index (χ1v) is 10.8. The first kappa shape index (κ1) is 21.0. The normalized spacial score (nSPS) is 21.6. The Labute approximate surface area is 177 Å². The van der Waals surface area contributed by atoms with Gasteiger partial charge in [0, 0.05) is 32.8 Å². The van der Waals surface area contributed by atoms with E-state index in [1.165, 1.54) is 0 Å². The highest BCUT2D eigenvalue weighted by Crippen LogP contribution is 2.35. The summed E-state index contributed by atoms with van der Waals surface area (Å²) in [7, 11) is 3.32. The Morgan fingerprint density at radius 2 is 1.93 bits per heavy atom. The fourth-order valence-corrected chi connectivity index (χ4v) is 4.40. The summed E-state index contributed by atoms with van der Waals surface area (Å²) in [4.78, 5) is 4.93. The van der Waals surface area contributed by atoms with Crippen LogP contribution in [0.25, 0.3) is 0 Å². The number of ether oxygens (including phenoxy) is 3. The lowest BCUT2D eigenvalue weighted by Gasteiger charge is -2.38. The molecule has 2 atom stereocenters. The second kappa shape index (κ2) is 9.72. The smallest absolute Gasteiger partial charge is 0.173 e. The molecule has 0 N–H and O–H groups in total. The molecule has 0 radical (unpaired) electrons. The van der Waals surface area contributed by atoms with Crippen LogP contribution < -0.4 is 9.47 Å². The van der Waals surface area contributed by atoms with Gasteiger partial charge >= 0.3 is 0 Å². The van der Waals surface area contributed by atoms with E-state index in [4.69, 9.17) is 14.2 Å². The topological polar surface area (TPSA) is 77.8 Å². The summed E-state index contributed by atoms with van der Waals surface area (Å²) < 4.78 is 18.8. The molecule has 0 bridgehead atoms. The molecule has 1 aromatic carbocycles. The van der Waals surface area contributed by atoms with Crippen LogP contribution in [0.3, 0.4) is 0 Å². The Morgan fingerprint density at radius 3 is 2.60 bits per heavy atom. The molecule has 0 amide bonds. The van der Waals surface area contributed by atoms with E-state index in [1.54, 1.807) is 14.2 Å². The van der Waals surface area contributed by atoms with Gasteiger partial charge in [-0.05, 0) is 47.5 Å². The fraction of sp³-hybridized carbons (Fsp3) is 0.667. The molecule has 2 aliphatic heterocycles. The lowest BCUT2D eigenvalue weighted by atomic mass is 10.0. The average molecular weight is 417 g/mol. The molecule has 3 heterocycles. The zero-order valence-corrected chi connectivity index (χ0v) is 18.2. The van der Waals surface area contributed by atoms with Gasteiger partial charge in [-0.2, -0.15) is 0 Å². The van der Waals surface area contributed by atoms with Crippen LogP contribution >= 0.6 is 0 Å². The van der Waals surface area contributed by atoms with Crippen LogP contribution in [0.4, 0.5) is 0 Å². The summed E-state index contributed by atoms with van der Waals surface area (Å²) in [5, 5.41) is 12.8. The molecule has 0 unspecified atom stereocenters. The van der Waals surface area contributed by atoms with E-state index in [9.17, 15) is 0 Å². The first-order chi connectivity index (χ1) is 14.7. The summed E-state index contributed by atoms with van der Waals surface area (Å²) >= 11 is 0. The maximum Gasteiger partial charge on any atom is 0.173 e. The van der Waals surface area contributed by atoms with Crippen LogP contribution in [0, 0.1) is 0 Å². The van der Waals surface area contributed by atoms with Crippen molar-refractivity contribution < 1.29 is 14.2 Å². The van der Waals surface area contributed by atoms with Gasteiger partial charge in [-0.3, -0.25) is 4.90 Å². The van der Waals surface area contributed by atoms with Crippen molar-refractivity contribution in [3.05, 3.63) is 29.6 Å². The quantitative estimate of drug-likeness (QED) is 0.642. The van der Waals surface area contributed by atoms with E-state index >= 15 is 0 Å². The van der Waals surface area contributed by atoms with Crippen LogP contribution in [-0.2, 0) is 11.3 Å². The van der Waals surface area contributed by atoms with E-state index in [0.29, 0.717) is 12.3 Å². The molecule has 164 valence electrons. The van der Waals surface area contributed by atoms with Gasteiger partial charge in [0.25, 0.3) is 0 Å². The number of benzene rings is 1. The standard InChI is InChI=1S/C21H32N6O3/c1-4-25-9-11-26(12-10-25)20(16-7-8-18(28-2)19(14-16)29-3)21-22-23-24-27(21)15-17-6-5-13-30-17/h7-8,14,17,20H,4-6,9-13,15H2,1-3H3/t17-,20+/m1/s1. The summed E-state index contributed by atoms with van der Waals surface area (Å²) in [6.07, 6.45) is 2.32. The van der Waals surface area contributed by atoms with Crippen molar-refractivity contribution >= 4 is 0 Å². The Balaban J connectivity index is 1.67. The molecule has 9 nitrogen and oxygen atoms in total. The lowest BCUT2D eigenvalue weighted by molar-refractivity contribution is 0.0861. The van der Waals surface area contributed by atoms with E-state index in [0.717, 1.165) is 69.3 Å². The van der Waals surface area contributed by atoms with Gasteiger partial charge in [0.05, 0.1) is 32.9 Å². The number of likely N-dealkylation sites (N-methyl/N-ethyl adjacent to an activating group) is 1. The average Bonchev–Trinajstić information content (AvgIpc) is 3.47. The van der Waals surface area contributed by atoms with Crippen LogP contribution in [0.15, 0.2) is 18.2 Å². The molecule has 2 fully saturated rings. The summed E-state index contributed by atoms with van der Waals surface area (Å²) in [5.41, 5.74) is 1.10. The van der Waals surface area contributed by atoms with Crippen molar-refractivity contribution in [1.29, 1.82) is 0 Å². The predicted molar refractivity (Wildman–Crippen MR) is 112 cm³/mol. The molecule has 0 aliphatic carbocycles. The van der Waals surface area contributed by atoms with Crippen molar-refractivity contribution in [3.63, 3.8) is 0 Å². The van der Waals surface area contributed by atoms with Gasteiger partial charge in [0.15, 0.2) is 17.3 Å². The third-order valence-electron chi connectivity index (χ3n) is 6.15. The molecular weight excluding hydrogens is 384 g/mol. The van der Waals surface area contributed by atoms with Gasteiger partial charge < -0.3 is 19.1 Å². The molecule has 2 aromatic rings. The molecule has 4 rings (SSSR count). The number of hydrogen-bond acceptors (Lipinski definition) is 8. The Morgan fingerprint density at radius 1 is 1.13 bits per heavy atom. The number of hydrogen-bond donors (Lipinski definition) is 0. The fourth-order valence-electron chi connectivity index (χ4n) is 4.40. The third kappa shape index (κ3) is 4.43. The number of methoxy groups -OCH3 is 2. The van der Waals surface area contributed by atoms with Crippen molar-refractivity contribution in [1.82, 2.24) is 30.0 Å². The van der Waals surface area contributed by atoms with E-state index in [2.05, 4.69) is 38.3 Å². The lowest BCUT2D eigenvalue weighted by Crippen LogP contribution is -2.48. The molecule has 0 spiro atoms. The SMILES string of the molecule is CCN1CCN([C@@H](c2ccc(OC)c(OC)c2)c2nnnn2C[C@H]2CCCO2)CC1. The van der Waals surface area contributed by atoms with Gasteiger partial charge in [0.2, 0.25) is 0 Å². The van der Waals surface area contributed by atoms with Crippen LogP contribution in [-0.4, -0.2) is 89.7 Å². The minimum absolute atomic E-state index is 0.0554. The number of aromatic nitrogens is 4. The number of nitrogens with zero attached hydrogens (tertiary/aromatic N) is 6. The van der Waals surface area contributed by atoms with Crippen molar-refractivity contribution in [2.75, 3.05) is 53.6 Å². The molecular formula is C21H32N6O3. The number of piperazine rings is 1. The van der Waals surface area contributed by atoms with Crippen molar-refractivity contribution in [2.24, 2.45) is 0 Å². The Kier molecular flexibility index (Phi) is 6.81. The van der Waals surface area contributed by atoms with E-state index < -0.39 is 0 Å². The van der Waals surface area contributed by atoms with Crippen molar-refractivity contribution in [2.45, 2.75) is 38.5 Å². The highest BCUT2D eigenvalue weighted by molar-refractivity contribution is 5.45. The maximum atomic E-state index is 5.83. The van der Waals surface area contributed by atoms with Gasteiger partial charge in [-0.1, -0.05) is 13.0 Å². The Bertz CT molecular complexity index is 815. The molecule has 2 aliphatic rings. The molecule has 2 saturated heterocycles. The zero-order chi connectivity index (χ0) is 20.9. The third-order valence-corrected chi connectivity index (χ3v) is 6.15. The molecule has 0 saturated carbocycles. The predicted octanol–water partition coefficient (Wildman–Crippen LogP) is 1.60. The summed E-state index contributed by atoms with van der Waals surface area (Å²) in [6, 6.07) is 6.03. The van der Waals surface area contributed by atoms with Crippen molar-refractivity contribution in [3.8, 4) is 11.5 Å². The molecule has 1 aromatic heterocycles. The highest BCUT2D eigenvalue weighted by Gasteiger charge is 2.32. The molecule has 9 heteroatoms. The van der Waals surface area contributed by atoms with Gasteiger partial charge in [0.1, 0.15) is 0 Å². The number of tetrazole rings is 1. The minimum atomic E-state index is -0.0554. The van der Waals surface area contributed by atoms with Crippen LogP contribution in [0.1, 0.15) is 37.2 Å². The second-order valence-electron chi connectivity index (χ2n) is 7.84. The van der Waals surface area contributed by atoms with Crippen LogP contribution in [0.2, 0.25) is 0 Å². The highest BCUT2D eigenvalue weighted by atomic mass is 16.5. The van der Waals surface area contributed by atoms with E-state index in [1.807, 2.05) is 16.8 Å². The Hall–Kier alpha value is -2.23. The summed E-state index contributed by atoms with van der Waals surface area (Å²) in [6.45, 7) is 8.77. The largest absolute Gasteiger partial charge is 0.493 e. The first-order valence-electron chi connectivity index (χ1n) is 10.8. The minimum Gasteiger partial charge on any atom is -0.493 e. The maximum absolute atomic E-state index is 5.83. The number of rotatable bonds is 8. The van der Waals surface area contributed by atoms with Crippen LogP contribution in [0.5, 0.6) is 11.5 Å². The monoisotopic (exact) mass is 416 g/mol. The second-order valence-corrected chi connectivity index (χ2v) is 7.84. The van der Waals surface area contributed by atoms with Gasteiger partial charge in [-0.15, -0.1) is 5.10 Å².